The van der Waals surface area contributed by atoms with Crippen LogP contribution in [0.15, 0.2) is 103 Å². The second-order valence-electron chi connectivity index (χ2n) is 7.23. The van der Waals surface area contributed by atoms with E-state index in [4.69, 9.17) is 9.47 Å². The summed E-state index contributed by atoms with van der Waals surface area (Å²) in [6, 6.07) is 35.9. The molecule has 2 nitrogen and oxygen atoms in total. The fourth-order valence-electron chi connectivity index (χ4n) is 3.71. The lowest BCUT2D eigenvalue weighted by molar-refractivity contribution is 0.264. The molecule has 1 heterocycles. The first-order valence-electron chi connectivity index (χ1n) is 9.98. The summed E-state index contributed by atoms with van der Waals surface area (Å²) in [5.74, 6) is 0.894. The second kappa shape index (κ2) is 7.94. The quantitative estimate of drug-likeness (QED) is 0.359. The van der Waals surface area contributed by atoms with E-state index >= 15 is 0 Å². The van der Waals surface area contributed by atoms with Gasteiger partial charge in [-0.25, -0.2) is 0 Å². The molecule has 1 saturated heterocycles. The maximum Gasteiger partial charge on any atom is 0.127 e. The van der Waals surface area contributed by atoms with Gasteiger partial charge in [-0.05, 0) is 28.3 Å². The highest BCUT2D eigenvalue weighted by atomic mass is 16.6. The van der Waals surface area contributed by atoms with Gasteiger partial charge in [0.25, 0.3) is 0 Å². The van der Waals surface area contributed by atoms with Gasteiger partial charge < -0.3 is 9.47 Å². The highest BCUT2D eigenvalue weighted by Crippen LogP contribution is 2.45. The van der Waals surface area contributed by atoms with Crippen LogP contribution in [-0.4, -0.2) is 19.3 Å². The zero-order chi connectivity index (χ0) is 19.5. The van der Waals surface area contributed by atoms with Crippen LogP contribution >= 0.6 is 0 Å². The summed E-state index contributed by atoms with van der Waals surface area (Å²) in [4.78, 5) is 0. The van der Waals surface area contributed by atoms with Crippen molar-refractivity contribution >= 4 is 0 Å². The molecule has 0 N–H and O–H groups in total. The molecule has 0 amide bonds. The molecule has 4 aromatic rings. The van der Waals surface area contributed by atoms with Crippen molar-refractivity contribution in [2.75, 3.05) is 13.2 Å². The van der Waals surface area contributed by atoms with Crippen molar-refractivity contribution in [2.24, 2.45) is 0 Å². The fourth-order valence-corrected chi connectivity index (χ4v) is 3.71. The molecular weight excluding hydrogens is 356 g/mol. The van der Waals surface area contributed by atoms with E-state index in [1.165, 1.54) is 22.3 Å². The Balaban J connectivity index is 1.77. The van der Waals surface area contributed by atoms with Crippen LogP contribution in [0.4, 0.5) is 0 Å². The molecule has 0 spiro atoms. The average molecular weight is 378 g/mol. The van der Waals surface area contributed by atoms with Crippen LogP contribution in [0, 0.1) is 0 Å². The Labute approximate surface area is 171 Å². The minimum absolute atomic E-state index is 0.215. The molecule has 1 atom stereocenters. The van der Waals surface area contributed by atoms with Crippen molar-refractivity contribution in [3.63, 3.8) is 0 Å². The molecule has 29 heavy (non-hydrogen) atoms. The van der Waals surface area contributed by atoms with Crippen molar-refractivity contribution in [3.8, 4) is 39.1 Å². The Kier molecular flexibility index (Phi) is 4.85. The number of hydrogen-bond acceptors (Lipinski definition) is 2. The van der Waals surface area contributed by atoms with Gasteiger partial charge in [0.1, 0.15) is 18.5 Å². The van der Waals surface area contributed by atoms with E-state index in [0.717, 1.165) is 23.5 Å². The van der Waals surface area contributed by atoms with Crippen molar-refractivity contribution in [1.29, 1.82) is 0 Å². The molecule has 0 aliphatic carbocycles. The van der Waals surface area contributed by atoms with Gasteiger partial charge in [-0.2, -0.15) is 0 Å². The lowest BCUT2D eigenvalue weighted by Crippen LogP contribution is -2.06. The van der Waals surface area contributed by atoms with E-state index in [0.29, 0.717) is 6.61 Å². The van der Waals surface area contributed by atoms with Crippen LogP contribution < -0.4 is 4.74 Å². The molecule has 1 fully saturated rings. The van der Waals surface area contributed by atoms with E-state index in [1.54, 1.807) is 0 Å². The predicted octanol–water partition coefficient (Wildman–Crippen LogP) is 6.47. The smallest absolute Gasteiger partial charge is 0.127 e. The van der Waals surface area contributed by atoms with Gasteiger partial charge in [0.15, 0.2) is 0 Å². The first-order valence-corrected chi connectivity index (χ1v) is 9.98. The van der Waals surface area contributed by atoms with E-state index in [2.05, 4.69) is 97.1 Å². The molecule has 1 aliphatic heterocycles. The van der Waals surface area contributed by atoms with Gasteiger partial charge in [0, 0.05) is 11.1 Å². The summed E-state index contributed by atoms with van der Waals surface area (Å²) in [6.07, 6.45) is 0.215. The van der Waals surface area contributed by atoms with Gasteiger partial charge >= 0.3 is 0 Å². The summed E-state index contributed by atoms with van der Waals surface area (Å²) in [5, 5.41) is 0. The van der Waals surface area contributed by atoms with Crippen LogP contribution in [0.3, 0.4) is 0 Å². The SMILES string of the molecule is c1ccc(-c2ccc(OCC3CO3)c(-c3ccccc3)c2-c2ccccc2)cc1. The molecular formula is C27H22O2. The minimum atomic E-state index is 0.215. The molecule has 1 unspecified atom stereocenters. The summed E-state index contributed by atoms with van der Waals surface area (Å²) < 4.78 is 11.6. The highest BCUT2D eigenvalue weighted by Gasteiger charge is 2.25. The van der Waals surface area contributed by atoms with Crippen molar-refractivity contribution in [2.45, 2.75) is 6.10 Å². The molecule has 142 valence electrons. The Morgan fingerprint density at radius 1 is 0.621 bits per heavy atom. The van der Waals surface area contributed by atoms with Crippen LogP contribution in [0.5, 0.6) is 5.75 Å². The van der Waals surface area contributed by atoms with Gasteiger partial charge in [-0.1, -0.05) is 97.1 Å². The van der Waals surface area contributed by atoms with Gasteiger partial charge in [-0.15, -0.1) is 0 Å². The fraction of sp³-hybridized carbons (Fsp3) is 0.111. The van der Waals surface area contributed by atoms with E-state index in [1.807, 2.05) is 6.07 Å². The second-order valence-corrected chi connectivity index (χ2v) is 7.23. The van der Waals surface area contributed by atoms with Crippen molar-refractivity contribution in [1.82, 2.24) is 0 Å². The summed E-state index contributed by atoms with van der Waals surface area (Å²) in [7, 11) is 0. The minimum Gasteiger partial charge on any atom is -0.490 e. The molecule has 0 bridgehead atoms. The summed E-state index contributed by atoms with van der Waals surface area (Å²) in [6.45, 7) is 1.37. The molecule has 2 heteroatoms. The molecule has 0 radical (unpaired) electrons. The first kappa shape index (κ1) is 17.7. The number of rotatable bonds is 6. The number of ether oxygens (including phenoxy) is 2. The zero-order valence-corrected chi connectivity index (χ0v) is 16.1. The molecule has 1 aliphatic rings. The zero-order valence-electron chi connectivity index (χ0n) is 16.1. The van der Waals surface area contributed by atoms with Crippen LogP contribution in [-0.2, 0) is 4.74 Å². The number of epoxide rings is 1. The third kappa shape index (κ3) is 3.80. The highest BCUT2D eigenvalue weighted by molar-refractivity contribution is 5.97. The summed E-state index contributed by atoms with van der Waals surface area (Å²) >= 11 is 0. The normalized spacial score (nSPS) is 15.1. The Hall–Kier alpha value is -3.36. The molecule has 0 aromatic heterocycles. The Bertz CT molecular complexity index is 1090. The maximum atomic E-state index is 6.24. The third-order valence-electron chi connectivity index (χ3n) is 5.20. The number of benzene rings is 4. The lowest BCUT2D eigenvalue weighted by Gasteiger charge is -2.20. The van der Waals surface area contributed by atoms with Crippen LogP contribution in [0.2, 0.25) is 0 Å². The largest absolute Gasteiger partial charge is 0.490 e. The van der Waals surface area contributed by atoms with Gasteiger partial charge in [0.2, 0.25) is 0 Å². The molecule has 5 rings (SSSR count). The van der Waals surface area contributed by atoms with Crippen LogP contribution in [0.25, 0.3) is 33.4 Å². The van der Waals surface area contributed by atoms with E-state index < -0.39 is 0 Å². The van der Waals surface area contributed by atoms with Gasteiger partial charge in [-0.3, -0.25) is 0 Å². The molecule has 0 saturated carbocycles. The standard InChI is InChI=1S/C27H22O2/c1-4-10-20(11-5-1)24-16-17-25(29-19-23-18-28-23)27(22-14-8-3-9-15-22)26(24)21-12-6-2-7-13-21/h1-17,23H,18-19H2. The number of hydrogen-bond donors (Lipinski definition) is 0. The van der Waals surface area contributed by atoms with Crippen molar-refractivity contribution < 1.29 is 9.47 Å². The van der Waals surface area contributed by atoms with E-state index in [-0.39, 0.29) is 6.10 Å². The van der Waals surface area contributed by atoms with Gasteiger partial charge in [0.05, 0.1) is 6.61 Å². The monoisotopic (exact) mass is 378 g/mol. The predicted molar refractivity (Wildman–Crippen MR) is 118 cm³/mol. The maximum absolute atomic E-state index is 6.24. The topological polar surface area (TPSA) is 21.8 Å². The first-order chi connectivity index (χ1) is 14.4. The van der Waals surface area contributed by atoms with Crippen molar-refractivity contribution in [3.05, 3.63) is 103 Å². The Morgan fingerprint density at radius 2 is 1.14 bits per heavy atom. The summed E-state index contributed by atoms with van der Waals surface area (Å²) in [5.41, 5.74) is 7.04. The third-order valence-corrected chi connectivity index (χ3v) is 5.20. The molecule has 4 aromatic carbocycles. The van der Waals surface area contributed by atoms with E-state index in [9.17, 15) is 0 Å². The van der Waals surface area contributed by atoms with Crippen LogP contribution in [0.1, 0.15) is 0 Å². The Morgan fingerprint density at radius 3 is 1.69 bits per heavy atom. The lowest BCUT2D eigenvalue weighted by atomic mass is 9.87. The average Bonchev–Trinajstić information content (AvgIpc) is 3.63.